The lowest BCUT2D eigenvalue weighted by molar-refractivity contribution is 0.102. The number of hydrogen-bond acceptors (Lipinski definition) is 5. The predicted molar refractivity (Wildman–Crippen MR) is 90.4 cm³/mol. The van der Waals surface area contributed by atoms with Crippen molar-refractivity contribution in [2.24, 2.45) is 7.05 Å². The zero-order chi connectivity index (χ0) is 17.5. The molecule has 1 aromatic heterocycles. The number of aromatic nitrogens is 2. The van der Waals surface area contributed by atoms with Gasteiger partial charge in [0.05, 0.1) is 24.5 Å². The monoisotopic (exact) mass is 333 g/mol. The summed E-state index contributed by atoms with van der Waals surface area (Å²) in [6, 6.07) is 5.62. The van der Waals surface area contributed by atoms with E-state index in [1.54, 1.807) is 32.1 Å². The molecule has 0 radical (unpaired) electrons. The van der Waals surface area contributed by atoms with E-state index in [2.05, 4.69) is 10.4 Å². The molecule has 0 spiro atoms. The molecule has 0 bridgehead atoms. The highest BCUT2D eigenvalue weighted by atomic mass is 16.5. The van der Waals surface area contributed by atoms with Gasteiger partial charge in [-0.25, -0.2) is 0 Å². The van der Waals surface area contributed by atoms with Gasteiger partial charge in [-0.1, -0.05) is 6.07 Å². The van der Waals surface area contributed by atoms with Gasteiger partial charge in [0.2, 0.25) is 0 Å². The molecule has 2 rings (SSSR count). The molecule has 0 unspecified atom stereocenters. The molecule has 0 saturated carbocycles. The molecule has 1 amide bonds. The lowest BCUT2D eigenvalue weighted by Crippen LogP contribution is -2.15. The van der Waals surface area contributed by atoms with E-state index in [9.17, 15) is 4.79 Å². The van der Waals surface area contributed by atoms with Crippen LogP contribution in [0.3, 0.4) is 0 Å². The minimum absolute atomic E-state index is 0.254. The summed E-state index contributed by atoms with van der Waals surface area (Å²) < 4.78 is 17.4. The highest BCUT2D eigenvalue weighted by Gasteiger charge is 2.17. The van der Waals surface area contributed by atoms with Crippen LogP contribution in [0.2, 0.25) is 0 Å². The Bertz CT molecular complexity index is 697. The molecule has 1 heterocycles. The van der Waals surface area contributed by atoms with Crippen LogP contribution in [0.4, 0.5) is 5.69 Å². The molecule has 0 aliphatic heterocycles. The van der Waals surface area contributed by atoms with Crippen molar-refractivity contribution in [3.05, 3.63) is 41.2 Å². The highest BCUT2D eigenvalue weighted by Crippen LogP contribution is 2.26. The van der Waals surface area contributed by atoms with Crippen LogP contribution in [-0.4, -0.2) is 43.1 Å². The first-order chi connectivity index (χ1) is 11.5. The standard InChI is InChI=1S/C17H23N3O4/c1-12-5-6-14(16(9-12)24-8-7-22-3)18-17(21)13-10-20(2)19-15(13)11-23-4/h5-6,9-10H,7-8,11H2,1-4H3,(H,18,21). The number of aryl methyl sites for hydroxylation is 2. The number of benzene rings is 1. The molecular formula is C17H23N3O4. The van der Waals surface area contributed by atoms with Crippen LogP contribution in [0, 0.1) is 6.92 Å². The smallest absolute Gasteiger partial charge is 0.259 e. The third-order valence-corrected chi connectivity index (χ3v) is 3.36. The molecule has 24 heavy (non-hydrogen) atoms. The van der Waals surface area contributed by atoms with Gasteiger partial charge < -0.3 is 19.5 Å². The fourth-order valence-corrected chi connectivity index (χ4v) is 2.24. The van der Waals surface area contributed by atoms with Gasteiger partial charge in [-0.15, -0.1) is 0 Å². The maximum atomic E-state index is 12.6. The Hall–Kier alpha value is -2.38. The van der Waals surface area contributed by atoms with Crippen LogP contribution in [0.1, 0.15) is 21.6 Å². The Kier molecular flexibility index (Phi) is 6.34. The molecule has 2 aromatic rings. The lowest BCUT2D eigenvalue weighted by atomic mass is 10.2. The molecule has 0 atom stereocenters. The molecule has 7 heteroatoms. The van der Waals surface area contributed by atoms with Gasteiger partial charge in [-0.2, -0.15) is 5.10 Å². The first-order valence-corrected chi connectivity index (χ1v) is 7.60. The summed E-state index contributed by atoms with van der Waals surface area (Å²) in [6.45, 7) is 3.12. The maximum absolute atomic E-state index is 12.6. The van der Waals surface area contributed by atoms with Crippen molar-refractivity contribution >= 4 is 11.6 Å². The second kappa shape index (κ2) is 8.47. The summed E-state index contributed by atoms with van der Waals surface area (Å²) in [7, 11) is 4.95. The average Bonchev–Trinajstić information content (AvgIpc) is 2.91. The summed E-state index contributed by atoms with van der Waals surface area (Å²) in [6.07, 6.45) is 1.67. The summed E-state index contributed by atoms with van der Waals surface area (Å²) in [4.78, 5) is 12.6. The number of rotatable bonds is 8. The number of methoxy groups -OCH3 is 2. The fraction of sp³-hybridized carbons (Fsp3) is 0.412. The second-order valence-electron chi connectivity index (χ2n) is 5.39. The number of amides is 1. The Balaban J connectivity index is 2.19. The van der Waals surface area contributed by atoms with E-state index in [-0.39, 0.29) is 12.5 Å². The molecule has 0 saturated heterocycles. The number of nitrogens with zero attached hydrogens (tertiary/aromatic N) is 2. The first kappa shape index (κ1) is 18.0. The van der Waals surface area contributed by atoms with E-state index in [0.29, 0.717) is 35.9 Å². The van der Waals surface area contributed by atoms with E-state index in [1.807, 2.05) is 25.1 Å². The predicted octanol–water partition coefficient (Wildman–Crippen LogP) is 2.15. The Labute approximate surface area is 141 Å². The Morgan fingerprint density at radius 3 is 2.75 bits per heavy atom. The number of carbonyl (C=O) groups excluding carboxylic acids is 1. The summed E-state index contributed by atoms with van der Waals surface area (Å²) in [5.41, 5.74) is 2.71. The topological polar surface area (TPSA) is 74.6 Å². The Morgan fingerprint density at radius 2 is 2.04 bits per heavy atom. The van der Waals surface area contributed by atoms with Gasteiger partial charge in [0.1, 0.15) is 18.1 Å². The number of ether oxygens (including phenoxy) is 3. The van der Waals surface area contributed by atoms with Crippen molar-refractivity contribution in [1.29, 1.82) is 0 Å². The number of hydrogen-bond donors (Lipinski definition) is 1. The van der Waals surface area contributed by atoms with Crippen molar-refractivity contribution < 1.29 is 19.0 Å². The molecule has 130 valence electrons. The van der Waals surface area contributed by atoms with Gasteiger partial charge in [0.25, 0.3) is 5.91 Å². The normalized spacial score (nSPS) is 10.7. The SMILES string of the molecule is COCCOc1cc(C)ccc1NC(=O)c1cn(C)nc1COC. The fourth-order valence-electron chi connectivity index (χ4n) is 2.24. The van der Waals surface area contributed by atoms with Crippen molar-refractivity contribution in [3.8, 4) is 5.75 Å². The maximum Gasteiger partial charge on any atom is 0.259 e. The zero-order valence-corrected chi connectivity index (χ0v) is 14.5. The van der Waals surface area contributed by atoms with Crippen molar-refractivity contribution in [2.75, 3.05) is 32.8 Å². The molecular weight excluding hydrogens is 310 g/mol. The van der Waals surface area contributed by atoms with Crippen LogP contribution in [0.15, 0.2) is 24.4 Å². The summed E-state index contributed by atoms with van der Waals surface area (Å²) >= 11 is 0. The third-order valence-electron chi connectivity index (χ3n) is 3.36. The molecule has 0 aliphatic rings. The van der Waals surface area contributed by atoms with Crippen molar-refractivity contribution in [3.63, 3.8) is 0 Å². The van der Waals surface area contributed by atoms with Gasteiger partial charge in [-0.3, -0.25) is 9.48 Å². The molecule has 0 aliphatic carbocycles. The number of carbonyl (C=O) groups is 1. The van der Waals surface area contributed by atoms with Gasteiger partial charge in [0, 0.05) is 27.5 Å². The quantitative estimate of drug-likeness (QED) is 0.749. The van der Waals surface area contributed by atoms with Gasteiger partial charge in [-0.05, 0) is 24.6 Å². The van der Waals surface area contributed by atoms with Gasteiger partial charge >= 0.3 is 0 Å². The van der Waals surface area contributed by atoms with Crippen LogP contribution in [-0.2, 0) is 23.1 Å². The minimum atomic E-state index is -0.254. The molecule has 1 N–H and O–H groups in total. The first-order valence-electron chi connectivity index (χ1n) is 7.60. The number of nitrogens with one attached hydrogen (secondary N) is 1. The van der Waals surface area contributed by atoms with E-state index in [0.717, 1.165) is 5.56 Å². The molecule has 7 nitrogen and oxygen atoms in total. The summed E-state index contributed by atoms with van der Waals surface area (Å²) in [5.74, 6) is 0.355. The van der Waals surface area contributed by atoms with Crippen LogP contribution in [0.5, 0.6) is 5.75 Å². The van der Waals surface area contributed by atoms with Crippen molar-refractivity contribution in [1.82, 2.24) is 9.78 Å². The van der Waals surface area contributed by atoms with E-state index in [1.165, 1.54) is 0 Å². The minimum Gasteiger partial charge on any atom is -0.489 e. The number of anilines is 1. The van der Waals surface area contributed by atoms with E-state index >= 15 is 0 Å². The molecule has 0 fully saturated rings. The largest absolute Gasteiger partial charge is 0.489 e. The van der Waals surface area contributed by atoms with Crippen molar-refractivity contribution in [2.45, 2.75) is 13.5 Å². The van der Waals surface area contributed by atoms with Crippen LogP contribution in [0.25, 0.3) is 0 Å². The highest BCUT2D eigenvalue weighted by molar-refractivity contribution is 6.05. The van der Waals surface area contributed by atoms with E-state index < -0.39 is 0 Å². The second-order valence-corrected chi connectivity index (χ2v) is 5.39. The van der Waals surface area contributed by atoms with Gasteiger partial charge in [0.15, 0.2) is 0 Å². The van der Waals surface area contributed by atoms with Crippen LogP contribution >= 0.6 is 0 Å². The zero-order valence-electron chi connectivity index (χ0n) is 14.5. The lowest BCUT2D eigenvalue weighted by Gasteiger charge is -2.13. The third kappa shape index (κ3) is 4.56. The van der Waals surface area contributed by atoms with E-state index in [4.69, 9.17) is 14.2 Å². The Morgan fingerprint density at radius 1 is 1.25 bits per heavy atom. The molecule has 1 aromatic carbocycles. The average molecular weight is 333 g/mol. The van der Waals surface area contributed by atoms with Crippen LogP contribution < -0.4 is 10.1 Å². The summed E-state index contributed by atoms with van der Waals surface area (Å²) in [5, 5.41) is 7.12.